The lowest BCUT2D eigenvalue weighted by Gasteiger charge is -2.14. The Morgan fingerprint density at radius 3 is 2.21 bits per heavy atom. The van der Waals surface area contributed by atoms with Crippen LogP contribution in [-0.4, -0.2) is 43.7 Å². The van der Waals surface area contributed by atoms with E-state index in [4.69, 9.17) is 4.74 Å². The van der Waals surface area contributed by atoms with Gasteiger partial charge in [-0.05, 0) is 55.5 Å². The molecule has 0 fully saturated rings. The first-order chi connectivity index (χ1) is 16.5. The summed E-state index contributed by atoms with van der Waals surface area (Å²) in [6.07, 6.45) is 3.76. The molecule has 3 heterocycles. The van der Waals surface area contributed by atoms with Crippen molar-refractivity contribution >= 4 is 23.4 Å². The van der Waals surface area contributed by atoms with Gasteiger partial charge in [-0.25, -0.2) is 4.98 Å². The van der Waals surface area contributed by atoms with E-state index in [-0.39, 0.29) is 6.54 Å². The van der Waals surface area contributed by atoms with E-state index in [9.17, 15) is 14.4 Å². The zero-order chi connectivity index (χ0) is 23.7. The molecular weight excluding hydrogens is 434 g/mol. The molecule has 0 saturated heterocycles. The zero-order valence-electron chi connectivity index (χ0n) is 18.1. The number of rotatable bonds is 6. The van der Waals surface area contributed by atoms with E-state index in [2.05, 4.69) is 15.3 Å². The van der Waals surface area contributed by atoms with E-state index in [1.54, 1.807) is 61.5 Å². The van der Waals surface area contributed by atoms with E-state index >= 15 is 0 Å². The molecule has 1 N–H and O–H groups in total. The fourth-order valence-electron chi connectivity index (χ4n) is 3.65. The zero-order valence-corrected chi connectivity index (χ0v) is 18.1. The minimum Gasteiger partial charge on any atom is -0.439 e. The molecule has 34 heavy (non-hydrogen) atoms. The predicted octanol–water partition coefficient (Wildman–Crippen LogP) is 3.60. The van der Waals surface area contributed by atoms with Gasteiger partial charge in [0.05, 0.1) is 11.1 Å². The number of imide groups is 1. The van der Waals surface area contributed by atoms with Gasteiger partial charge in [-0.2, -0.15) is 4.98 Å². The van der Waals surface area contributed by atoms with Gasteiger partial charge in [0.1, 0.15) is 23.9 Å². The van der Waals surface area contributed by atoms with Gasteiger partial charge in [0, 0.05) is 24.1 Å². The summed E-state index contributed by atoms with van der Waals surface area (Å²) in [5.41, 5.74) is 1.12. The van der Waals surface area contributed by atoms with E-state index in [0.717, 1.165) is 4.90 Å². The molecule has 9 heteroatoms. The van der Waals surface area contributed by atoms with Crippen molar-refractivity contribution < 1.29 is 19.1 Å². The summed E-state index contributed by atoms with van der Waals surface area (Å²) in [4.78, 5) is 47.0. The number of aryl methyl sites for hydroxylation is 1. The SMILES string of the molecule is Cc1nc(Oc2ccc(NC(=O)CN3C(=O)c4ccccc4C3=O)cc2)cc(-n2cccc2)n1. The third-order valence-corrected chi connectivity index (χ3v) is 5.21. The van der Waals surface area contributed by atoms with Crippen LogP contribution in [0, 0.1) is 6.92 Å². The van der Waals surface area contributed by atoms with Crippen molar-refractivity contribution in [2.75, 3.05) is 11.9 Å². The van der Waals surface area contributed by atoms with E-state index in [1.165, 1.54) is 0 Å². The summed E-state index contributed by atoms with van der Waals surface area (Å²) in [5, 5.41) is 2.69. The van der Waals surface area contributed by atoms with E-state index < -0.39 is 17.7 Å². The normalized spacial score (nSPS) is 12.6. The molecule has 168 valence electrons. The number of nitrogens with zero attached hydrogens (tertiary/aromatic N) is 4. The molecule has 0 radical (unpaired) electrons. The summed E-state index contributed by atoms with van der Waals surface area (Å²) < 4.78 is 7.71. The molecule has 2 aromatic carbocycles. The van der Waals surface area contributed by atoms with Crippen molar-refractivity contribution in [2.45, 2.75) is 6.92 Å². The van der Waals surface area contributed by atoms with Crippen molar-refractivity contribution in [1.29, 1.82) is 0 Å². The molecule has 4 aromatic rings. The quantitative estimate of drug-likeness (QED) is 0.447. The number of carbonyl (C=O) groups excluding carboxylic acids is 3. The molecule has 3 amide bonds. The number of nitrogens with one attached hydrogen (secondary N) is 1. The number of aromatic nitrogens is 3. The smallest absolute Gasteiger partial charge is 0.262 e. The number of anilines is 1. The fraction of sp³-hybridized carbons (Fsp3) is 0.0800. The highest BCUT2D eigenvalue weighted by atomic mass is 16.5. The van der Waals surface area contributed by atoms with Crippen LogP contribution in [0.4, 0.5) is 5.69 Å². The maximum absolute atomic E-state index is 12.5. The number of ether oxygens (including phenoxy) is 1. The van der Waals surface area contributed by atoms with Gasteiger partial charge in [-0.15, -0.1) is 0 Å². The van der Waals surface area contributed by atoms with E-state index in [1.807, 2.05) is 29.1 Å². The molecule has 1 aliphatic heterocycles. The first-order valence-corrected chi connectivity index (χ1v) is 10.5. The Balaban J connectivity index is 1.23. The Hall–Kier alpha value is -4.79. The lowest BCUT2D eigenvalue weighted by molar-refractivity contribution is -0.116. The Bertz CT molecular complexity index is 1360. The molecule has 2 aromatic heterocycles. The van der Waals surface area contributed by atoms with Gasteiger partial charge in [0.2, 0.25) is 11.8 Å². The summed E-state index contributed by atoms with van der Waals surface area (Å²) in [7, 11) is 0. The Kier molecular flexibility index (Phi) is 5.35. The second-order valence-electron chi connectivity index (χ2n) is 7.62. The number of benzene rings is 2. The van der Waals surface area contributed by atoms with Crippen LogP contribution in [0.3, 0.4) is 0 Å². The number of carbonyl (C=O) groups is 3. The van der Waals surface area contributed by atoms with Gasteiger partial charge in [0.25, 0.3) is 11.8 Å². The largest absolute Gasteiger partial charge is 0.439 e. The molecular formula is C25H19N5O4. The van der Waals surface area contributed by atoms with Crippen molar-refractivity contribution in [3.63, 3.8) is 0 Å². The second-order valence-corrected chi connectivity index (χ2v) is 7.62. The lowest BCUT2D eigenvalue weighted by Crippen LogP contribution is -2.37. The summed E-state index contributed by atoms with van der Waals surface area (Å²) >= 11 is 0. The summed E-state index contributed by atoms with van der Waals surface area (Å²) in [5.74, 6) is 0.736. The molecule has 0 unspecified atom stereocenters. The van der Waals surface area contributed by atoms with Gasteiger partial charge in [0.15, 0.2) is 0 Å². The third kappa shape index (κ3) is 4.14. The summed E-state index contributed by atoms with van der Waals surface area (Å²) in [6, 6.07) is 18.7. The third-order valence-electron chi connectivity index (χ3n) is 5.21. The standard InChI is InChI=1S/C25H19N5O4/c1-16-26-21(29-12-4-5-13-29)14-23(27-16)34-18-10-8-17(9-11-18)28-22(31)15-30-24(32)19-6-2-3-7-20(19)25(30)33/h2-14H,15H2,1H3,(H,28,31). The van der Waals surface area contributed by atoms with Gasteiger partial charge in [-0.3, -0.25) is 19.3 Å². The molecule has 0 bridgehead atoms. The lowest BCUT2D eigenvalue weighted by atomic mass is 10.1. The minimum atomic E-state index is -0.481. The Labute approximate surface area is 194 Å². The second kappa shape index (κ2) is 8.62. The molecule has 0 spiro atoms. The first kappa shape index (κ1) is 21.1. The molecule has 0 aliphatic carbocycles. The number of amides is 3. The van der Waals surface area contributed by atoms with Crippen molar-refractivity contribution in [2.24, 2.45) is 0 Å². The van der Waals surface area contributed by atoms with Gasteiger partial charge < -0.3 is 14.6 Å². The van der Waals surface area contributed by atoms with Crippen LogP contribution in [0.25, 0.3) is 5.82 Å². The van der Waals surface area contributed by atoms with Crippen LogP contribution in [0.5, 0.6) is 11.6 Å². The fourth-order valence-corrected chi connectivity index (χ4v) is 3.65. The topological polar surface area (TPSA) is 106 Å². The van der Waals surface area contributed by atoms with Gasteiger partial charge >= 0.3 is 0 Å². The highest BCUT2D eigenvalue weighted by Gasteiger charge is 2.36. The number of hydrogen-bond acceptors (Lipinski definition) is 6. The number of hydrogen-bond donors (Lipinski definition) is 1. The molecule has 0 atom stereocenters. The van der Waals surface area contributed by atoms with Crippen LogP contribution in [0.1, 0.15) is 26.5 Å². The molecule has 1 aliphatic rings. The van der Waals surface area contributed by atoms with Crippen LogP contribution in [0.2, 0.25) is 0 Å². The van der Waals surface area contributed by atoms with Crippen LogP contribution >= 0.6 is 0 Å². The van der Waals surface area contributed by atoms with Crippen molar-refractivity contribution in [1.82, 2.24) is 19.4 Å². The maximum atomic E-state index is 12.5. The molecule has 5 rings (SSSR count). The molecule has 9 nitrogen and oxygen atoms in total. The van der Waals surface area contributed by atoms with Gasteiger partial charge in [-0.1, -0.05) is 12.1 Å². The van der Waals surface area contributed by atoms with Crippen LogP contribution < -0.4 is 10.1 Å². The average molecular weight is 453 g/mol. The first-order valence-electron chi connectivity index (χ1n) is 10.5. The number of fused-ring (bicyclic) bond motifs is 1. The Morgan fingerprint density at radius 2 is 1.56 bits per heavy atom. The predicted molar refractivity (Wildman–Crippen MR) is 123 cm³/mol. The average Bonchev–Trinajstić information content (AvgIpc) is 3.45. The van der Waals surface area contributed by atoms with Crippen LogP contribution in [0.15, 0.2) is 79.1 Å². The monoisotopic (exact) mass is 453 g/mol. The van der Waals surface area contributed by atoms with Crippen molar-refractivity contribution in [3.8, 4) is 17.4 Å². The molecule has 0 saturated carbocycles. The maximum Gasteiger partial charge on any atom is 0.262 e. The highest BCUT2D eigenvalue weighted by molar-refractivity contribution is 6.22. The highest BCUT2D eigenvalue weighted by Crippen LogP contribution is 2.24. The Morgan fingerprint density at radius 1 is 0.912 bits per heavy atom. The van der Waals surface area contributed by atoms with Crippen LogP contribution in [-0.2, 0) is 4.79 Å². The summed E-state index contributed by atoms with van der Waals surface area (Å²) in [6.45, 7) is 1.42. The van der Waals surface area contributed by atoms with E-state index in [0.29, 0.717) is 40.1 Å². The van der Waals surface area contributed by atoms with Crippen molar-refractivity contribution in [3.05, 3.63) is 96.1 Å². The minimum absolute atomic E-state index is 0.307.